The molecule has 102 valence electrons. The van der Waals surface area contributed by atoms with Crippen LogP contribution in [0, 0.1) is 0 Å². The molecule has 0 aliphatic rings. The van der Waals surface area contributed by atoms with Gasteiger partial charge in [-0.25, -0.2) is 4.98 Å². The van der Waals surface area contributed by atoms with E-state index >= 15 is 0 Å². The number of nitrogens with zero attached hydrogens (tertiary/aromatic N) is 1. The number of halogens is 5. The van der Waals surface area contributed by atoms with Crippen LogP contribution in [0.4, 0.5) is 19.0 Å². The van der Waals surface area contributed by atoms with E-state index in [-0.39, 0.29) is 17.2 Å². The topological polar surface area (TPSA) is 24.9 Å². The van der Waals surface area contributed by atoms with Gasteiger partial charge in [0.05, 0.1) is 5.56 Å². The number of pyridine rings is 1. The molecule has 0 aliphatic carbocycles. The van der Waals surface area contributed by atoms with Gasteiger partial charge in [-0.15, -0.1) is 11.6 Å². The zero-order valence-electron chi connectivity index (χ0n) is 9.85. The minimum absolute atomic E-state index is 0.114. The van der Waals surface area contributed by atoms with E-state index in [9.17, 15) is 13.2 Å². The Labute approximate surface area is 117 Å². The fourth-order valence-corrected chi connectivity index (χ4v) is 2.15. The second-order valence-corrected chi connectivity index (χ2v) is 5.77. The first-order chi connectivity index (χ1) is 8.20. The lowest BCUT2D eigenvalue weighted by atomic mass is 10.1. The average molecular weight is 346 g/mol. The number of nitrogens with one attached hydrogen (secondary N) is 1. The minimum Gasteiger partial charge on any atom is -0.367 e. The van der Waals surface area contributed by atoms with Crippen LogP contribution in [-0.4, -0.2) is 16.4 Å². The fraction of sp³-hybridized carbons (Fsp3) is 0.545. The van der Waals surface area contributed by atoms with Gasteiger partial charge in [-0.3, -0.25) is 0 Å². The molecule has 2 nitrogen and oxygen atoms in total. The van der Waals surface area contributed by atoms with Crippen LogP contribution >= 0.6 is 27.5 Å². The highest BCUT2D eigenvalue weighted by Crippen LogP contribution is 2.35. The molecule has 0 fully saturated rings. The molecule has 1 aromatic rings. The van der Waals surface area contributed by atoms with E-state index in [4.69, 9.17) is 11.6 Å². The third kappa shape index (κ3) is 4.65. The van der Waals surface area contributed by atoms with E-state index < -0.39 is 11.7 Å². The van der Waals surface area contributed by atoms with Crippen molar-refractivity contribution >= 4 is 33.3 Å². The molecule has 0 saturated carbocycles. The van der Waals surface area contributed by atoms with Crippen molar-refractivity contribution in [3.63, 3.8) is 0 Å². The summed E-state index contributed by atoms with van der Waals surface area (Å²) < 4.78 is 38.7. The van der Waals surface area contributed by atoms with Gasteiger partial charge in [0, 0.05) is 22.1 Å². The van der Waals surface area contributed by atoms with Crippen molar-refractivity contribution in [1.29, 1.82) is 0 Å². The van der Waals surface area contributed by atoms with Crippen molar-refractivity contribution < 1.29 is 13.2 Å². The predicted octanol–water partition coefficient (Wildman–Crippen LogP) is 4.68. The molecule has 0 amide bonds. The van der Waals surface area contributed by atoms with Crippen LogP contribution in [0.1, 0.15) is 25.8 Å². The molecular formula is C11H13BrClF3N2. The summed E-state index contributed by atoms with van der Waals surface area (Å²) in [6, 6.07) is 0.818. The molecule has 0 radical (unpaired) electrons. The van der Waals surface area contributed by atoms with Gasteiger partial charge in [0.15, 0.2) is 0 Å². The number of aromatic nitrogens is 1. The monoisotopic (exact) mass is 344 g/mol. The molecule has 0 saturated heterocycles. The largest absolute Gasteiger partial charge is 0.419 e. The highest BCUT2D eigenvalue weighted by molar-refractivity contribution is 9.10. The number of hydrogen-bond acceptors (Lipinski definition) is 2. The van der Waals surface area contributed by atoms with Crippen LogP contribution < -0.4 is 5.32 Å². The van der Waals surface area contributed by atoms with Crippen LogP contribution in [-0.2, 0) is 6.18 Å². The smallest absolute Gasteiger partial charge is 0.367 e. The van der Waals surface area contributed by atoms with Gasteiger partial charge in [0.2, 0.25) is 0 Å². The molecule has 1 N–H and O–H groups in total. The Bertz CT molecular complexity index is 410. The van der Waals surface area contributed by atoms with E-state index in [0.29, 0.717) is 10.9 Å². The molecule has 1 aromatic heterocycles. The maximum atomic E-state index is 12.8. The lowest BCUT2D eigenvalue weighted by Gasteiger charge is -2.19. The molecule has 7 heteroatoms. The number of hydrogen-bond donors (Lipinski definition) is 1. The summed E-state index contributed by atoms with van der Waals surface area (Å²) in [5, 5.41) is 2.63. The van der Waals surface area contributed by atoms with Crippen LogP contribution in [0.3, 0.4) is 0 Å². The van der Waals surface area contributed by atoms with Crippen molar-refractivity contribution in [3.8, 4) is 0 Å². The van der Waals surface area contributed by atoms with E-state index in [1.807, 2.05) is 0 Å². The van der Waals surface area contributed by atoms with E-state index in [1.165, 1.54) is 6.20 Å². The Kier molecular flexibility index (Phi) is 5.28. The lowest BCUT2D eigenvalue weighted by Crippen LogP contribution is -2.22. The Hall–Kier alpha value is -0.490. The predicted molar refractivity (Wildman–Crippen MR) is 70.0 cm³/mol. The zero-order chi connectivity index (χ0) is 13.9. The Morgan fingerprint density at radius 2 is 2.06 bits per heavy atom. The molecule has 1 heterocycles. The van der Waals surface area contributed by atoms with Crippen molar-refractivity contribution in [3.05, 3.63) is 22.3 Å². The molecule has 2 atom stereocenters. The van der Waals surface area contributed by atoms with Gasteiger partial charge in [-0.1, -0.05) is 0 Å². The quantitative estimate of drug-likeness (QED) is 0.801. The molecule has 2 unspecified atom stereocenters. The van der Waals surface area contributed by atoms with Gasteiger partial charge in [-0.05, 0) is 42.3 Å². The Balaban J connectivity index is 2.95. The SMILES string of the molecule is CC(Cl)CC(C)Nc1ncc(Br)cc1C(F)(F)F. The first kappa shape index (κ1) is 15.6. The molecule has 1 rings (SSSR count). The van der Waals surface area contributed by atoms with E-state index in [2.05, 4.69) is 26.2 Å². The van der Waals surface area contributed by atoms with Gasteiger partial charge in [-0.2, -0.15) is 13.2 Å². The molecule has 0 bridgehead atoms. The highest BCUT2D eigenvalue weighted by Gasteiger charge is 2.35. The third-order valence-electron chi connectivity index (χ3n) is 2.22. The number of anilines is 1. The zero-order valence-corrected chi connectivity index (χ0v) is 12.2. The second-order valence-electron chi connectivity index (χ2n) is 4.11. The summed E-state index contributed by atoms with van der Waals surface area (Å²) >= 11 is 8.79. The summed E-state index contributed by atoms with van der Waals surface area (Å²) in [4.78, 5) is 3.77. The van der Waals surface area contributed by atoms with Crippen LogP contribution in [0.15, 0.2) is 16.7 Å². The molecule has 0 aromatic carbocycles. The van der Waals surface area contributed by atoms with E-state index in [0.717, 1.165) is 6.07 Å². The van der Waals surface area contributed by atoms with E-state index in [1.54, 1.807) is 13.8 Å². The van der Waals surface area contributed by atoms with Crippen molar-refractivity contribution in [2.75, 3.05) is 5.32 Å². The van der Waals surface area contributed by atoms with Crippen LogP contribution in [0.25, 0.3) is 0 Å². The Morgan fingerprint density at radius 1 is 1.44 bits per heavy atom. The van der Waals surface area contributed by atoms with Gasteiger partial charge in [0.25, 0.3) is 0 Å². The van der Waals surface area contributed by atoms with Gasteiger partial charge >= 0.3 is 6.18 Å². The summed E-state index contributed by atoms with van der Waals surface area (Å²) in [6.07, 6.45) is -2.56. The van der Waals surface area contributed by atoms with Crippen molar-refractivity contribution in [1.82, 2.24) is 4.98 Å². The molecule has 0 aliphatic heterocycles. The average Bonchev–Trinajstić information content (AvgIpc) is 2.17. The second kappa shape index (κ2) is 6.10. The highest BCUT2D eigenvalue weighted by atomic mass is 79.9. The Morgan fingerprint density at radius 3 is 2.56 bits per heavy atom. The van der Waals surface area contributed by atoms with Crippen LogP contribution in [0.2, 0.25) is 0 Å². The van der Waals surface area contributed by atoms with Gasteiger partial charge in [0.1, 0.15) is 5.82 Å². The summed E-state index contributed by atoms with van der Waals surface area (Å²) in [5.41, 5.74) is -0.786. The number of rotatable bonds is 4. The first-order valence-electron chi connectivity index (χ1n) is 5.33. The molecular weight excluding hydrogens is 332 g/mol. The summed E-state index contributed by atoms with van der Waals surface area (Å²) in [7, 11) is 0. The summed E-state index contributed by atoms with van der Waals surface area (Å²) in [5.74, 6) is -0.171. The molecule has 0 spiro atoms. The maximum Gasteiger partial charge on any atom is 0.419 e. The van der Waals surface area contributed by atoms with Crippen molar-refractivity contribution in [2.24, 2.45) is 0 Å². The van der Waals surface area contributed by atoms with Crippen molar-refractivity contribution in [2.45, 2.75) is 37.9 Å². The normalized spacial score (nSPS) is 15.3. The standard InChI is InChI=1S/C11H13BrClF3N2/c1-6(13)3-7(2)18-10-9(11(14,15)16)4-8(12)5-17-10/h4-7H,3H2,1-2H3,(H,17,18). The fourth-order valence-electron chi connectivity index (χ4n) is 1.55. The van der Waals surface area contributed by atoms with Crippen LogP contribution in [0.5, 0.6) is 0 Å². The molecule has 18 heavy (non-hydrogen) atoms. The maximum absolute atomic E-state index is 12.8. The first-order valence-corrected chi connectivity index (χ1v) is 6.56. The minimum atomic E-state index is -4.44. The lowest BCUT2D eigenvalue weighted by molar-refractivity contribution is -0.137. The summed E-state index contributed by atoms with van der Waals surface area (Å²) in [6.45, 7) is 3.56. The van der Waals surface area contributed by atoms with Gasteiger partial charge < -0.3 is 5.32 Å². The third-order valence-corrected chi connectivity index (χ3v) is 2.83. The number of alkyl halides is 4.